The van der Waals surface area contributed by atoms with Crippen molar-refractivity contribution >= 4 is 17.6 Å². The molecule has 0 aliphatic carbocycles. The number of hydrogen-bond acceptors (Lipinski definition) is 4. The molecule has 4 heteroatoms. The summed E-state index contributed by atoms with van der Waals surface area (Å²) in [6.45, 7) is 2.57. The van der Waals surface area contributed by atoms with Crippen molar-refractivity contribution in [3.63, 3.8) is 0 Å². The van der Waals surface area contributed by atoms with Gasteiger partial charge in [-0.25, -0.2) is 4.98 Å². The number of hydrogen-bond donors (Lipinski definition) is 0. The fourth-order valence-corrected chi connectivity index (χ4v) is 2.18. The van der Waals surface area contributed by atoms with Crippen molar-refractivity contribution in [3.05, 3.63) is 35.5 Å². The summed E-state index contributed by atoms with van der Waals surface area (Å²) in [6, 6.07) is 7.75. The van der Waals surface area contributed by atoms with E-state index in [2.05, 4.69) is 4.98 Å². The van der Waals surface area contributed by atoms with Gasteiger partial charge in [0.15, 0.2) is 11.3 Å². The minimum absolute atomic E-state index is 0.487. The predicted molar refractivity (Wildman–Crippen MR) is 64.1 cm³/mol. The zero-order chi connectivity index (χ0) is 11.4. The molecular weight excluding hydrogens is 222 g/mol. The molecule has 0 unspecified atom stereocenters. The number of rotatable bonds is 4. The highest BCUT2D eigenvalue weighted by molar-refractivity contribution is 7.16. The van der Waals surface area contributed by atoms with E-state index in [-0.39, 0.29) is 0 Å². The van der Waals surface area contributed by atoms with Crippen molar-refractivity contribution in [2.45, 2.75) is 6.92 Å². The highest BCUT2D eigenvalue weighted by Gasteiger charge is 2.08. The number of carbonyl (C=O) groups excluding carboxylic acids is 1. The van der Waals surface area contributed by atoms with E-state index in [0.717, 1.165) is 22.5 Å². The van der Waals surface area contributed by atoms with Crippen LogP contribution in [0, 0.1) is 0 Å². The number of aldehydes is 1. The molecule has 3 nitrogen and oxygen atoms in total. The second-order valence-corrected chi connectivity index (χ2v) is 4.17. The molecule has 0 bridgehead atoms. The number of carbonyl (C=O) groups is 1. The zero-order valence-electron chi connectivity index (χ0n) is 8.84. The molecule has 0 amide bonds. The Morgan fingerprint density at radius 2 is 2.25 bits per heavy atom. The van der Waals surface area contributed by atoms with Gasteiger partial charge in [-0.15, -0.1) is 11.3 Å². The average Bonchev–Trinajstić information content (AvgIpc) is 2.79. The highest BCUT2D eigenvalue weighted by atomic mass is 32.1. The quantitative estimate of drug-likeness (QED) is 0.762. The molecule has 1 aromatic heterocycles. The lowest BCUT2D eigenvalue weighted by Crippen LogP contribution is -1.92. The zero-order valence-corrected chi connectivity index (χ0v) is 9.66. The van der Waals surface area contributed by atoms with Crippen molar-refractivity contribution in [1.82, 2.24) is 4.98 Å². The van der Waals surface area contributed by atoms with Crippen LogP contribution in [0.3, 0.4) is 0 Å². The van der Waals surface area contributed by atoms with Gasteiger partial charge in [0, 0.05) is 11.8 Å². The first-order valence-corrected chi connectivity index (χ1v) is 5.80. The second kappa shape index (κ2) is 4.90. The molecule has 0 aliphatic rings. The Morgan fingerprint density at radius 1 is 1.44 bits per heavy atom. The topological polar surface area (TPSA) is 39.2 Å². The largest absolute Gasteiger partial charge is 0.493 e. The number of benzene rings is 1. The third-order valence-electron chi connectivity index (χ3n) is 2.08. The SMILES string of the molecule is CCOc1ccccc1-c1cnc(C=O)s1. The van der Waals surface area contributed by atoms with E-state index >= 15 is 0 Å². The number of nitrogens with zero attached hydrogens (tertiary/aromatic N) is 1. The van der Waals surface area contributed by atoms with Gasteiger partial charge in [0.05, 0.1) is 11.5 Å². The molecular formula is C12H11NO2S. The molecule has 82 valence electrons. The van der Waals surface area contributed by atoms with E-state index in [1.165, 1.54) is 11.3 Å². The van der Waals surface area contributed by atoms with E-state index in [1.54, 1.807) is 6.20 Å². The van der Waals surface area contributed by atoms with Crippen LogP contribution < -0.4 is 4.74 Å². The molecule has 1 aromatic carbocycles. The number of ether oxygens (including phenoxy) is 1. The summed E-state index contributed by atoms with van der Waals surface area (Å²) in [5.74, 6) is 0.825. The van der Waals surface area contributed by atoms with Gasteiger partial charge in [-0.05, 0) is 19.1 Å². The van der Waals surface area contributed by atoms with Crippen LogP contribution in [-0.2, 0) is 0 Å². The Hall–Kier alpha value is -1.68. The third kappa shape index (κ3) is 2.12. The van der Waals surface area contributed by atoms with Gasteiger partial charge in [-0.2, -0.15) is 0 Å². The molecule has 1 heterocycles. The minimum atomic E-state index is 0.487. The van der Waals surface area contributed by atoms with Crippen LogP contribution in [0.4, 0.5) is 0 Å². The van der Waals surface area contributed by atoms with Gasteiger partial charge in [0.25, 0.3) is 0 Å². The minimum Gasteiger partial charge on any atom is -0.493 e. The molecule has 0 fully saturated rings. The summed E-state index contributed by atoms with van der Waals surface area (Å²) in [5.41, 5.74) is 0.981. The van der Waals surface area contributed by atoms with E-state index in [9.17, 15) is 4.79 Å². The summed E-state index contributed by atoms with van der Waals surface area (Å²) >= 11 is 1.37. The average molecular weight is 233 g/mol. The van der Waals surface area contributed by atoms with Gasteiger partial charge < -0.3 is 4.74 Å². The van der Waals surface area contributed by atoms with Crippen LogP contribution in [0.5, 0.6) is 5.75 Å². The lowest BCUT2D eigenvalue weighted by molar-refractivity contribution is 0.112. The fraction of sp³-hybridized carbons (Fsp3) is 0.167. The van der Waals surface area contributed by atoms with E-state index in [0.29, 0.717) is 11.6 Å². The second-order valence-electron chi connectivity index (χ2n) is 3.11. The van der Waals surface area contributed by atoms with Crippen LogP contribution in [0.15, 0.2) is 30.5 Å². The third-order valence-corrected chi connectivity index (χ3v) is 3.03. The van der Waals surface area contributed by atoms with Gasteiger partial charge in [-0.3, -0.25) is 4.79 Å². The predicted octanol–water partition coefficient (Wildman–Crippen LogP) is 3.02. The van der Waals surface area contributed by atoms with Crippen LogP contribution in [0.1, 0.15) is 16.7 Å². The van der Waals surface area contributed by atoms with Crippen molar-refractivity contribution in [1.29, 1.82) is 0 Å². The highest BCUT2D eigenvalue weighted by Crippen LogP contribution is 2.33. The molecule has 0 aliphatic heterocycles. The molecule has 0 atom stereocenters. The number of thiazole rings is 1. The van der Waals surface area contributed by atoms with Crippen LogP contribution in [-0.4, -0.2) is 17.9 Å². The van der Waals surface area contributed by atoms with Gasteiger partial charge in [0.1, 0.15) is 5.75 Å². The smallest absolute Gasteiger partial charge is 0.178 e. The van der Waals surface area contributed by atoms with Gasteiger partial charge in [-0.1, -0.05) is 12.1 Å². The number of aromatic nitrogens is 1. The van der Waals surface area contributed by atoms with E-state index < -0.39 is 0 Å². The van der Waals surface area contributed by atoms with Gasteiger partial charge >= 0.3 is 0 Å². The molecule has 2 rings (SSSR count). The maximum absolute atomic E-state index is 10.6. The first kappa shape index (κ1) is 10.8. The molecule has 0 radical (unpaired) electrons. The Labute approximate surface area is 97.7 Å². The monoisotopic (exact) mass is 233 g/mol. The Bertz CT molecular complexity index is 493. The van der Waals surface area contributed by atoms with E-state index in [4.69, 9.17) is 4.74 Å². The summed E-state index contributed by atoms with van der Waals surface area (Å²) < 4.78 is 5.52. The summed E-state index contributed by atoms with van der Waals surface area (Å²) in [6.07, 6.45) is 2.46. The molecule has 2 aromatic rings. The lowest BCUT2D eigenvalue weighted by atomic mass is 10.2. The van der Waals surface area contributed by atoms with Crippen molar-refractivity contribution in [3.8, 4) is 16.2 Å². The first-order chi connectivity index (χ1) is 7.85. The van der Waals surface area contributed by atoms with E-state index in [1.807, 2.05) is 31.2 Å². The molecule has 0 spiro atoms. The molecule has 16 heavy (non-hydrogen) atoms. The Kier molecular flexibility index (Phi) is 3.31. The summed E-state index contributed by atoms with van der Waals surface area (Å²) in [4.78, 5) is 15.5. The maximum atomic E-state index is 10.6. The number of para-hydroxylation sites is 1. The van der Waals surface area contributed by atoms with Crippen LogP contribution in [0.25, 0.3) is 10.4 Å². The Balaban J connectivity index is 2.42. The molecule has 0 N–H and O–H groups in total. The van der Waals surface area contributed by atoms with Crippen molar-refractivity contribution in [2.75, 3.05) is 6.61 Å². The van der Waals surface area contributed by atoms with Crippen LogP contribution >= 0.6 is 11.3 Å². The summed E-state index contributed by atoms with van der Waals surface area (Å²) in [7, 11) is 0. The first-order valence-electron chi connectivity index (χ1n) is 4.98. The normalized spacial score (nSPS) is 10.1. The van der Waals surface area contributed by atoms with Gasteiger partial charge in [0.2, 0.25) is 0 Å². The standard InChI is InChI=1S/C12H11NO2S/c1-2-15-10-6-4-3-5-9(10)11-7-13-12(8-14)16-11/h3-8H,2H2,1H3. The Morgan fingerprint density at radius 3 is 2.94 bits per heavy atom. The summed E-state index contributed by atoms with van der Waals surface area (Å²) in [5, 5.41) is 0.487. The van der Waals surface area contributed by atoms with Crippen molar-refractivity contribution < 1.29 is 9.53 Å². The molecule has 0 saturated heterocycles. The molecule has 0 saturated carbocycles. The van der Waals surface area contributed by atoms with Crippen molar-refractivity contribution in [2.24, 2.45) is 0 Å². The fourth-order valence-electron chi connectivity index (χ4n) is 1.42. The van der Waals surface area contributed by atoms with Crippen LogP contribution in [0.2, 0.25) is 0 Å². The maximum Gasteiger partial charge on any atom is 0.178 e. The lowest BCUT2D eigenvalue weighted by Gasteiger charge is -2.07.